The van der Waals surface area contributed by atoms with Crippen LogP contribution in [0.15, 0.2) is 4.52 Å². The summed E-state index contributed by atoms with van der Waals surface area (Å²) in [6, 6.07) is 0. The van der Waals surface area contributed by atoms with Gasteiger partial charge >= 0.3 is 0 Å². The molecule has 0 aliphatic rings. The Hall–Kier alpha value is -0.940. The molecule has 5 nitrogen and oxygen atoms in total. The van der Waals surface area contributed by atoms with E-state index >= 15 is 0 Å². The second kappa shape index (κ2) is 6.71. The third-order valence-corrected chi connectivity index (χ3v) is 2.08. The molecule has 0 amide bonds. The fourth-order valence-electron chi connectivity index (χ4n) is 1.30. The van der Waals surface area contributed by atoms with Crippen LogP contribution in [0.1, 0.15) is 45.8 Å². The van der Waals surface area contributed by atoms with Crippen LogP contribution in [-0.4, -0.2) is 28.8 Å². The lowest BCUT2D eigenvalue weighted by atomic mass is 10.1. The van der Waals surface area contributed by atoms with Crippen molar-refractivity contribution in [2.24, 2.45) is 0 Å². The van der Waals surface area contributed by atoms with Crippen molar-refractivity contribution >= 4 is 0 Å². The Morgan fingerprint density at radius 3 is 2.76 bits per heavy atom. The van der Waals surface area contributed by atoms with Crippen molar-refractivity contribution in [3.8, 4) is 0 Å². The number of rotatable bonds is 7. The van der Waals surface area contributed by atoms with Gasteiger partial charge in [0, 0.05) is 25.1 Å². The number of nitrogens with zero attached hydrogens (tertiary/aromatic N) is 2. The van der Waals surface area contributed by atoms with Crippen LogP contribution >= 0.6 is 0 Å². The average molecular weight is 241 g/mol. The van der Waals surface area contributed by atoms with E-state index in [1.54, 1.807) is 0 Å². The summed E-state index contributed by atoms with van der Waals surface area (Å²) in [7, 11) is 0. The zero-order valence-electron chi connectivity index (χ0n) is 11.2. The van der Waals surface area contributed by atoms with Gasteiger partial charge in [-0.05, 0) is 27.2 Å². The molecule has 0 bridgehead atoms. The molecule has 98 valence electrons. The summed E-state index contributed by atoms with van der Waals surface area (Å²) in [6.45, 7) is 10.5. The standard InChI is InChI=1S/C12H23N3O2/c1-5-8-16-9-10-14-11(17-15-10)6-7-13-12(2,3)4/h13H,5-9H2,1-4H3. The van der Waals surface area contributed by atoms with E-state index in [2.05, 4.69) is 43.2 Å². The molecule has 0 saturated carbocycles. The predicted molar refractivity (Wildman–Crippen MR) is 65.7 cm³/mol. The first-order chi connectivity index (χ1) is 8.01. The van der Waals surface area contributed by atoms with Crippen LogP contribution in [0.4, 0.5) is 0 Å². The van der Waals surface area contributed by atoms with Gasteiger partial charge in [0.05, 0.1) is 0 Å². The quantitative estimate of drug-likeness (QED) is 0.739. The summed E-state index contributed by atoms with van der Waals surface area (Å²) in [4.78, 5) is 4.26. The molecule has 1 aromatic heterocycles. The van der Waals surface area contributed by atoms with Gasteiger partial charge < -0.3 is 14.6 Å². The minimum absolute atomic E-state index is 0.118. The molecular formula is C12H23N3O2. The Bertz CT molecular complexity index is 318. The van der Waals surface area contributed by atoms with E-state index in [0.29, 0.717) is 18.3 Å². The van der Waals surface area contributed by atoms with Crippen LogP contribution in [0.25, 0.3) is 0 Å². The maximum atomic E-state index is 5.34. The molecule has 5 heteroatoms. The lowest BCUT2D eigenvalue weighted by Crippen LogP contribution is -2.37. The zero-order chi connectivity index (χ0) is 12.7. The van der Waals surface area contributed by atoms with E-state index in [1.807, 2.05) is 0 Å². The molecule has 0 aromatic carbocycles. The first-order valence-electron chi connectivity index (χ1n) is 6.15. The summed E-state index contributed by atoms with van der Waals surface area (Å²) < 4.78 is 10.5. The molecule has 0 unspecified atom stereocenters. The highest BCUT2D eigenvalue weighted by Crippen LogP contribution is 2.02. The number of ether oxygens (including phenoxy) is 1. The smallest absolute Gasteiger partial charge is 0.228 e. The van der Waals surface area contributed by atoms with E-state index in [4.69, 9.17) is 9.26 Å². The van der Waals surface area contributed by atoms with E-state index in [9.17, 15) is 0 Å². The van der Waals surface area contributed by atoms with E-state index in [-0.39, 0.29) is 5.54 Å². The van der Waals surface area contributed by atoms with Gasteiger partial charge in [0.2, 0.25) is 5.89 Å². The van der Waals surface area contributed by atoms with Crippen molar-refractivity contribution in [1.82, 2.24) is 15.5 Å². The van der Waals surface area contributed by atoms with Crippen molar-refractivity contribution in [2.45, 2.75) is 52.7 Å². The average Bonchev–Trinajstić information content (AvgIpc) is 2.64. The van der Waals surface area contributed by atoms with Crippen molar-refractivity contribution < 1.29 is 9.26 Å². The van der Waals surface area contributed by atoms with Gasteiger partial charge in [0.15, 0.2) is 5.82 Å². The molecule has 0 aliphatic heterocycles. The largest absolute Gasteiger partial charge is 0.373 e. The molecule has 0 atom stereocenters. The lowest BCUT2D eigenvalue weighted by Gasteiger charge is -2.19. The topological polar surface area (TPSA) is 60.2 Å². The number of hydrogen-bond acceptors (Lipinski definition) is 5. The lowest BCUT2D eigenvalue weighted by molar-refractivity contribution is 0.114. The fraction of sp³-hybridized carbons (Fsp3) is 0.833. The summed E-state index contributed by atoms with van der Waals surface area (Å²) in [5, 5.41) is 7.24. The second-order valence-electron chi connectivity index (χ2n) is 5.08. The van der Waals surface area contributed by atoms with Gasteiger partial charge in [0.1, 0.15) is 6.61 Å². The Morgan fingerprint density at radius 1 is 1.35 bits per heavy atom. The summed E-state index contributed by atoms with van der Waals surface area (Å²) >= 11 is 0. The van der Waals surface area contributed by atoms with Crippen molar-refractivity contribution in [3.05, 3.63) is 11.7 Å². The van der Waals surface area contributed by atoms with Crippen LogP contribution in [0, 0.1) is 0 Å². The molecule has 0 aliphatic carbocycles. The molecule has 1 heterocycles. The van der Waals surface area contributed by atoms with Gasteiger partial charge in [-0.2, -0.15) is 4.98 Å². The zero-order valence-corrected chi connectivity index (χ0v) is 11.2. The Kier molecular flexibility index (Phi) is 5.58. The monoisotopic (exact) mass is 241 g/mol. The molecular weight excluding hydrogens is 218 g/mol. The minimum Gasteiger partial charge on any atom is -0.373 e. The van der Waals surface area contributed by atoms with Gasteiger partial charge in [-0.15, -0.1) is 0 Å². The molecule has 0 radical (unpaired) electrons. The maximum Gasteiger partial charge on any atom is 0.228 e. The highest BCUT2D eigenvalue weighted by atomic mass is 16.5. The summed E-state index contributed by atoms with van der Waals surface area (Å²) in [6.07, 6.45) is 1.75. The molecule has 0 spiro atoms. The third kappa shape index (κ3) is 6.38. The Morgan fingerprint density at radius 2 is 2.12 bits per heavy atom. The van der Waals surface area contributed by atoms with Gasteiger partial charge in [0.25, 0.3) is 0 Å². The molecule has 0 fully saturated rings. The van der Waals surface area contributed by atoms with Crippen LogP contribution in [-0.2, 0) is 17.8 Å². The fourth-order valence-corrected chi connectivity index (χ4v) is 1.30. The first kappa shape index (κ1) is 14.1. The summed E-state index contributed by atoms with van der Waals surface area (Å²) in [5.41, 5.74) is 0.118. The number of hydrogen-bond donors (Lipinski definition) is 1. The third-order valence-electron chi connectivity index (χ3n) is 2.08. The maximum absolute atomic E-state index is 5.34. The molecule has 1 rings (SSSR count). The van der Waals surface area contributed by atoms with Crippen LogP contribution in [0.5, 0.6) is 0 Å². The first-order valence-corrected chi connectivity index (χ1v) is 6.15. The number of nitrogens with one attached hydrogen (secondary N) is 1. The number of aromatic nitrogens is 2. The molecule has 1 N–H and O–H groups in total. The van der Waals surface area contributed by atoms with E-state index in [0.717, 1.165) is 26.0 Å². The predicted octanol–water partition coefficient (Wildman–Crippen LogP) is 1.93. The van der Waals surface area contributed by atoms with Gasteiger partial charge in [-0.1, -0.05) is 12.1 Å². The van der Waals surface area contributed by atoms with Crippen molar-refractivity contribution in [3.63, 3.8) is 0 Å². The van der Waals surface area contributed by atoms with Gasteiger partial charge in [-0.3, -0.25) is 0 Å². The summed E-state index contributed by atoms with van der Waals surface area (Å²) in [5.74, 6) is 1.29. The molecule has 1 aromatic rings. The van der Waals surface area contributed by atoms with Crippen LogP contribution in [0.3, 0.4) is 0 Å². The van der Waals surface area contributed by atoms with Gasteiger partial charge in [-0.25, -0.2) is 0 Å². The van der Waals surface area contributed by atoms with E-state index < -0.39 is 0 Å². The normalized spacial score (nSPS) is 12.0. The van der Waals surface area contributed by atoms with Crippen molar-refractivity contribution in [2.75, 3.05) is 13.2 Å². The Labute approximate surface area is 103 Å². The van der Waals surface area contributed by atoms with Crippen LogP contribution in [0.2, 0.25) is 0 Å². The van der Waals surface area contributed by atoms with Crippen LogP contribution < -0.4 is 5.32 Å². The SMILES string of the molecule is CCCOCc1noc(CCNC(C)(C)C)n1. The second-order valence-corrected chi connectivity index (χ2v) is 5.08. The highest BCUT2D eigenvalue weighted by Gasteiger charge is 2.10. The van der Waals surface area contributed by atoms with Crippen molar-refractivity contribution in [1.29, 1.82) is 0 Å². The minimum atomic E-state index is 0.118. The Balaban J connectivity index is 2.26. The molecule has 0 saturated heterocycles. The highest BCUT2D eigenvalue weighted by molar-refractivity contribution is 4.86. The molecule has 17 heavy (non-hydrogen) atoms. The van der Waals surface area contributed by atoms with E-state index in [1.165, 1.54) is 0 Å².